The average molecular weight is 985 g/mol. The van der Waals surface area contributed by atoms with Crippen molar-refractivity contribution in [2.45, 2.75) is 51.9 Å². The molecule has 4 aliphatic heterocycles. The topological polar surface area (TPSA) is 49.3 Å². The van der Waals surface area contributed by atoms with Gasteiger partial charge >= 0.3 is 247 Å². The molecule has 0 fully saturated rings. The van der Waals surface area contributed by atoms with E-state index in [2.05, 4.69) is 200 Å². The van der Waals surface area contributed by atoms with Gasteiger partial charge in [0.15, 0.2) is 0 Å². The van der Waals surface area contributed by atoms with Crippen molar-refractivity contribution in [3.8, 4) is 45.3 Å². The average Bonchev–Trinajstić information content (AvgIpc) is 3.82. The van der Waals surface area contributed by atoms with Crippen LogP contribution in [0.5, 0.6) is 11.5 Å². The van der Waals surface area contributed by atoms with E-state index in [-0.39, 0.29) is 5.41 Å². The van der Waals surface area contributed by atoms with Gasteiger partial charge in [-0.05, 0) is 27.7 Å². The van der Waals surface area contributed by atoms with Crippen LogP contribution in [0.1, 0.15) is 48.8 Å². The molecule has 10 aromatic rings. The first kappa shape index (κ1) is 38.3. The Morgan fingerprint density at radius 3 is 2.10 bits per heavy atom. The molecule has 14 rings (SSSR count). The molecular weight excluding hydrogens is 942 g/mol. The van der Waals surface area contributed by atoms with Gasteiger partial charge in [0.25, 0.3) is 0 Å². The second-order valence-corrected chi connectivity index (χ2v) is 18.2. The van der Waals surface area contributed by atoms with Gasteiger partial charge in [-0.1, -0.05) is 87.5 Å². The molecule has 6 nitrogen and oxygen atoms in total. The van der Waals surface area contributed by atoms with Crippen LogP contribution in [0, 0.1) is 15.9 Å². The molecule has 306 valence electrons. The third-order valence-electron chi connectivity index (χ3n) is 12.1. The minimum Gasteiger partial charge on any atom is -0.0622 e. The fourth-order valence-electron chi connectivity index (χ4n) is 8.93. The number of hydrogen-bond donors (Lipinski definition) is 0. The minimum absolute atomic E-state index is 0.136. The van der Waals surface area contributed by atoms with E-state index >= 15 is 0 Å². The molecule has 0 saturated carbocycles. The Morgan fingerprint density at radius 1 is 0.613 bits per heavy atom. The van der Waals surface area contributed by atoms with Crippen molar-refractivity contribution >= 4 is 27.3 Å². The molecule has 7 heteroatoms. The van der Waals surface area contributed by atoms with Crippen molar-refractivity contribution < 1.29 is 24.1 Å². The van der Waals surface area contributed by atoms with Crippen LogP contribution in [0.2, 0.25) is 0 Å². The van der Waals surface area contributed by atoms with Gasteiger partial charge in [-0.25, -0.2) is 0 Å². The Bertz CT molecular complexity index is 3370. The minimum atomic E-state index is -0.136. The van der Waals surface area contributed by atoms with Crippen molar-refractivity contribution in [2.75, 3.05) is 0 Å². The molecule has 0 N–H and O–H groups in total. The Kier molecular flexibility index (Phi) is 9.50. The number of hydrogen-bond acceptors (Lipinski definition) is 3. The number of nitrogens with zero attached hydrogens (tertiary/aromatic N) is 5. The third-order valence-corrected chi connectivity index (χ3v) is 13.2. The number of benzene rings is 6. The molecular formula is C55H43N5OPt-2. The van der Waals surface area contributed by atoms with Crippen LogP contribution < -0.4 is 4.74 Å². The summed E-state index contributed by atoms with van der Waals surface area (Å²) in [4.78, 5) is 10.2. The smallest absolute Gasteiger partial charge is 0.0622 e. The van der Waals surface area contributed by atoms with E-state index in [9.17, 15) is 0 Å². The van der Waals surface area contributed by atoms with Crippen LogP contribution in [0.3, 0.4) is 0 Å². The second kappa shape index (κ2) is 15.4. The van der Waals surface area contributed by atoms with Crippen molar-refractivity contribution in [1.82, 2.24) is 23.5 Å². The van der Waals surface area contributed by atoms with Gasteiger partial charge in [-0.2, -0.15) is 0 Å². The summed E-state index contributed by atoms with van der Waals surface area (Å²) in [5.74, 6) is 3.10. The van der Waals surface area contributed by atoms with Crippen LogP contribution >= 0.6 is 0 Å². The summed E-state index contributed by atoms with van der Waals surface area (Å²) in [5.41, 5.74) is 13.6. The second-order valence-electron chi connectivity index (χ2n) is 17.2. The Morgan fingerprint density at radius 2 is 1.34 bits per heavy atom. The molecule has 0 unspecified atom stereocenters. The summed E-state index contributed by atoms with van der Waals surface area (Å²) in [5, 5.41) is 2.20. The molecule has 4 bridgehead atoms. The van der Waals surface area contributed by atoms with Gasteiger partial charge in [-0.15, -0.1) is 0 Å². The normalized spacial score (nSPS) is 12.9. The molecule has 0 saturated heterocycles. The van der Waals surface area contributed by atoms with Crippen molar-refractivity contribution in [1.29, 1.82) is 0 Å². The van der Waals surface area contributed by atoms with Crippen LogP contribution in [0.4, 0.5) is 0 Å². The van der Waals surface area contributed by atoms with Crippen LogP contribution in [0.25, 0.3) is 61.1 Å². The van der Waals surface area contributed by atoms with E-state index in [1.165, 1.54) is 33.3 Å². The summed E-state index contributed by atoms with van der Waals surface area (Å²) >= 11 is 2.43. The standard InChI is InChI=1S/C55H43N5O.Pt/c1-55(2,3)49-32-54(57-34-48(49)40-13-8-5-9-14-40)60-50-27-24-41(39-11-6-4-7-12-39)29-47(50)46-26-25-45(31-51(46)60)61-44-16-10-15-43(30-44)58-35-52-42-23-21-37-17-19-38(20-18-37)22-28-53(56-33-42)59(52)36-58;/h4-20,24-27,29,32-35H,21-23,28H2,1-3H3;/q-2;. The summed E-state index contributed by atoms with van der Waals surface area (Å²) in [6, 6.07) is 56.7. The van der Waals surface area contributed by atoms with Gasteiger partial charge in [-0.3, -0.25) is 0 Å². The molecule has 0 radical (unpaired) electrons. The van der Waals surface area contributed by atoms with Crippen LogP contribution in [-0.4, -0.2) is 23.5 Å². The number of fused-ring (bicyclic) bond motifs is 3. The maximum atomic E-state index is 6.69. The molecule has 4 aromatic heterocycles. The number of aryl methyl sites for hydroxylation is 4. The zero-order valence-corrected chi connectivity index (χ0v) is 37.1. The van der Waals surface area contributed by atoms with E-state index in [4.69, 9.17) is 14.7 Å². The van der Waals surface area contributed by atoms with Crippen molar-refractivity contribution in [3.05, 3.63) is 202 Å². The number of rotatable bonds is 6. The zero-order chi connectivity index (χ0) is 42.0. The van der Waals surface area contributed by atoms with Gasteiger partial charge in [0, 0.05) is 11.8 Å². The zero-order valence-electron chi connectivity index (χ0n) is 34.8. The van der Waals surface area contributed by atoms with E-state index in [1.807, 2.05) is 24.4 Å². The van der Waals surface area contributed by atoms with Crippen molar-refractivity contribution in [2.24, 2.45) is 0 Å². The predicted molar refractivity (Wildman–Crippen MR) is 245 cm³/mol. The van der Waals surface area contributed by atoms with E-state index in [0.29, 0.717) is 11.5 Å². The number of imidazole rings is 1. The van der Waals surface area contributed by atoms with E-state index in [0.717, 1.165) is 85.3 Å². The number of pyridine rings is 1. The molecule has 6 aromatic carbocycles. The fraction of sp³-hybridized carbons (Fsp3) is 0.145. The van der Waals surface area contributed by atoms with E-state index < -0.39 is 0 Å². The monoisotopic (exact) mass is 984 g/mol. The summed E-state index contributed by atoms with van der Waals surface area (Å²) in [6.45, 7) is 6.80. The molecule has 0 atom stereocenters. The third kappa shape index (κ3) is 6.93. The first-order valence-corrected chi connectivity index (χ1v) is 22.4. The van der Waals surface area contributed by atoms with E-state index in [1.54, 1.807) is 0 Å². The molecule has 0 spiro atoms. The van der Waals surface area contributed by atoms with Crippen LogP contribution in [-0.2, 0) is 50.5 Å². The first-order valence-electron chi connectivity index (χ1n) is 21.2. The Hall–Kier alpha value is -6.62. The fourth-order valence-corrected chi connectivity index (χ4v) is 9.92. The summed E-state index contributed by atoms with van der Waals surface area (Å²) in [7, 11) is 0. The van der Waals surface area contributed by atoms with Crippen LogP contribution in [0.15, 0.2) is 158 Å². The molecule has 62 heavy (non-hydrogen) atoms. The van der Waals surface area contributed by atoms with Gasteiger partial charge in [0.2, 0.25) is 0 Å². The quantitative estimate of drug-likeness (QED) is 0.156. The maximum absolute atomic E-state index is 6.69. The molecule has 8 heterocycles. The summed E-state index contributed by atoms with van der Waals surface area (Å²) in [6.07, 6.45) is 10.0. The first-order chi connectivity index (χ1) is 30.2. The molecule has 0 aliphatic carbocycles. The molecule has 4 aliphatic rings. The number of ether oxygens (including phenoxy) is 1. The Labute approximate surface area is 372 Å². The summed E-state index contributed by atoms with van der Waals surface area (Å²) < 4.78 is 14.5. The van der Waals surface area contributed by atoms with Gasteiger partial charge in [0.1, 0.15) is 0 Å². The molecule has 0 amide bonds. The number of aromatic nitrogens is 5. The predicted octanol–water partition coefficient (Wildman–Crippen LogP) is 12.6. The van der Waals surface area contributed by atoms with Gasteiger partial charge in [0.05, 0.1) is 0 Å². The SMILES string of the molecule is CC(C)(C)c1cc(-n2c3[c-]c(Oc4[c-]c(-n5cc6c7cnc(n6[c]5=[Pt])CCc5ccc(cc5)CC7)ccc4)ccc3c3cc(-c4ccccc4)ccc32)ncc1-c1ccccc1. The van der Waals surface area contributed by atoms with Crippen molar-refractivity contribution in [3.63, 3.8) is 0 Å². The Balaban J connectivity index is 1.01. The van der Waals surface area contributed by atoms with Gasteiger partial charge < -0.3 is 0 Å².